The normalized spacial score (nSPS) is 25.5. The predicted molar refractivity (Wildman–Crippen MR) is 35.0 cm³/mol. The molecule has 2 atom stereocenters. The summed E-state index contributed by atoms with van der Waals surface area (Å²) >= 11 is 0. The molecule has 1 aliphatic rings. The van der Waals surface area contributed by atoms with E-state index < -0.39 is 19.7 Å². The zero-order chi connectivity index (χ0) is 8.59. The third-order valence-electron chi connectivity index (χ3n) is 1.40. The van der Waals surface area contributed by atoms with Crippen LogP contribution in [-0.2, 0) is 9.36 Å². The lowest BCUT2D eigenvalue weighted by Crippen LogP contribution is -2.30. The molecule has 11 heavy (non-hydrogen) atoms. The molecule has 1 amide bonds. The molecule has 1 aliphatic heterocycles. The second kappa shape index (κ2) is 2.56. The molecular weight excluding hydrogens is 169 g/mol. The van der Waals surface area contributed by atoms with Crippen molar-refractivity contribution in [3.63, 3.8) is 0 Å². The molecule has 1 heterocycles. The van der Waals surface area contributed by atoms with Gasteiger partial charge in [0, 0.05) is 7.05 Å². The zero-order valence-corrected chi connectivity index (χ0v) is 6.59. The van der Waals surface area contributed by atoms with E-state index in [4.69, 9.17) is 5.41 Å². The molecule has 60 valence electrons. The molecule has 2 N–H and O–H groups in total. The number of amides is 1. The molecule has 0 radical (unpaired) electrons. The van der Waals surface area contributed by atoms with E-state index in [2.05, 4.69) is 5.32 Å². The maximum atomic E-state index is 10.8. The van der Waals surface area contributed by atoms with Gasteiger partial charge in [0.05, 0.1) is 0 Å². The standard InChI is InChI=1S/C4H6N3O3P/c1-7-3(11(9)10)2(8)6-4(7)5/h3H,1H3,(H2,5,6,8). The van der Waals surface area contributed by atoms with Gasteiger partial charge in [0.2, 0.25) is 5.96 Å². The summed E-state index contributed by atoms with van der Waals surface area (Å²) in [5.74, 6) is -2.05. The summed E-state index contributed by atoms with van der Waals surface area (Å²) in [5.41, 5.74) is 0. The Labute approximate surface area is 63.6 Å². The summed E-state index contributed by atoms with van der Waals surface area (Å²) in [7, 11) is -1.46. The number of likely N-dealkylation sites (N-methyl/N-ethyl adjacent to an activating group) is 1. The van der Waals surface area contributed by atoms with E-state index in [1.54, 1.807) is 0 Å². The Kier molecular flexibility index (Phi) is 1.89. The summed E-state index contributed by atoms with van der Waals surface area (Å²) in [4.78, 5) is 22.2. The third-order valence-corrected chi connectivity index (χ3v) is 2.38. The molecule has 6 nitrogen and oxygen atoms in total. The minimum Gasteiger partial charge on any atom is -0.593 e. The van der Waals surface area contributed by atoms with Gasteiger partial charge in [0.25, 0.3) is 5.91 Å². The largest absolute Gasteiger partial charge is 0.593 e. The Morgan fingerprint density at radius 2 is 2.36 bits per heavy atom. The van der Waals surface area contributed by atoms with Crippen LogP contribution >= 0.6 is 8.03 Å². The lowest BCUT2D eigenvalue weighted by atomic mass is 10.6. The van der Waals surface area contributed by atoms with Crippen LogP contribution in [0.5, 0.6) is 0 Å². The highest BCUT2D eigenvalue weighted by Crippen LogP contribution is 2.23. The average Bonchev–Trinajstić information content (AvgIpc) is 2.07. The van der Waals surface area contributed by atoms with Gasteiger partial charge in [-0.25, -0.2) is 0 Å². The first-order chi connectivity index (χ1) is 5.04. The first kappa shape index (κ1) is 8.10. The number of carbonyl (C=O) groups excluding carboxylic acids is 1. The Bertz CT molecular complexity index is 241. The van der Waals surface area contributed by atoms with Crippen molar-refractivity contribution in [2.24, 2.45) is 0 Å². The topological polar surface area (TPSA) is 96.3 Å². The van der Waals surface area contributed by atoms with Gasteiger partial charge in [0.15, 0.2) is 0 Å². The lowest BCUT2D eigenvalue weighted by Gasteiger charge is -2.08. The second-order valence-corrected chi connectivity index (χ2v) is 3.17. The van der Waals surface area contributed by atoms with Crippen molar-refractivity contribution >= 4 is 19.9 Å². The van der Waals surface area contributed by atoms with E-state index in [-0.39, 0.29) is 5.96 Å². The highest BCUT2D eigenvalue weighted by atomic mass is 31.1. The van der Waals surface area contributed by atoms with E-state index in [0.29, 0.717) is 0 Å². The summed E-state index contributed by atoms with van der Waals surface area (Å²) in [5, 5.41) is 9.12. The molecular formula is C4H6N3O3P. The molecule has 1 saturated heterocycles. The van der Waals surface area contributed by atoms with Crippen molar-refractivity contribution < 1.29 is 14.3 Å². The number of hydrogen-bond acceptors (Lipinski definition) is 4. The van der Waals surface area contributed by atoms with Crippen LogP contribution in [0.1, 0.15) is 0 Å². The molecule has 0 aromatic rings. The minimum absolute atomic E-state index is 0.181. The molecule has 7 heteroatoms. The molecule has 1 fully saturated rings. The summed E-state index contributed by atoms with van der Waals surface area (Å²) in [6.07, 6.45) is 0. The fourth-order valence-electron chi connectivity index (χ4n) is 0.805. The van der Waals surface area contributed by atoms with Gasteiger partial charge in [-0.3, -0.25) is 20.4 Å². The number of rotatable bonds is 1. The van der Waals surface area contributed by atoms with Crippen LogP contribution in [-0.4, -0.2) is 29.6 Å². The number of carbonyl (C=O) groups is 1. The van der Waals surface area contributed by atoms with Crippen LogP contribution in [0, 0.1) is 5.41 Å². The van der Waals surface area contributed by atoms with Crippen LogP contribution < -0.4 is 10.2 Å². The van der Waals surface area contributed by atoms with Gasteiger partial charge in [0.1, 0.15) is 0 Å². The van der Waals surface area contributed by atoms with Crippen molar-refractivity contribution in [2.75, 3.05) is 7.05 Å². The predicted octanol–water partition coefficient (Wildman–Crippen LogP) is -1.59. The lowest BCUT2D eigenvalue weighted by molar-refractivity contribution is -0.168. The molecule has 0 aromatic carbocycles. The van der Waals surface area contributed by atoms with E-state index in [0.717, 1.165) is 4.90 Å². The maximum absolute atomic E-state index is 10.8. The Balaban J connectivity index is 2.88. The van der Waals surface area contributed by atoms with Crippen molar-refractivity contribution in [3.8, 4) is 0 Å². The first-order valence-corrected chi connectivity index (χ1v) is 4.04. The van der Waals surface area contributed by atoms with Crippen molar-refractivity contribution in [1.82, 2.24) is 10.2 Å². The summed E-state index contributed by atoms with van der Waals surface area (Å²) in [6, 6.07) is 0. The number of nitrogens with one attached hydrogen (secondary N) is 2. The number of hydrogen-bond donors (Lipinski definition) is 2. The monoisotopic (exact) mass is 175 g/mol. The summed E-state index contributed by atoms with van der Waals surface area (Å²) in [6.45, 7) is 0. The van der Waals surface area contributed by atoms with Crippen LogP contribution in [0.2, 0.25) is 0 Å². The molecule has 0 aromatic heterocycles. The quantitative estimate of drug-likeness (QED) is 0.469. The average molecular weight is 175 g/mol. The highest BCUT2D eigenvalue weighted by molar-refractivity contribution is 7.38. The number of nitrogens with zero attached hydrogens (tertiary/aromatic N) is 1. The Hall–Kier alpha value is -1.00. The van der Waals surface area contributed by atoms with Crippen molar-refractivity contribution in [3.05, 3.63) is 0 Å². The molecule has 0 aliphatic carbocycles. The van der Waals surface area contributed by atoms with Gasteiger partial charge < -0.3 is 4.89 Å². The van der Waals surface area contributed by atoms with Crippen LogP contribution in [0.25, 0.3) is 0 Å². The van der Waals surface area contributed by atoms with Gasteiger partial charge in [-0.2, -0.15) is 0 Å². The van der Waals surface area contributed by atoms with E-state index in [1.807, 2.05) is 0 Å². The van der Waals surface area contributed by atoms with Gasteiger partial charge in [-0.1, -0.05) is 4.57 Å². The first-order valence-electron chi connectivity index (χ1n) is 2.80. The van der Waals surface area contributed by atoms with Crippen LogP contribution in [0.3, 0.4) is 0 Å². The SMILES string of the molecule is CN1C(=N)NC(=O)C1[P+](=O)[O-]. The van der Waals surface area contributed by atoms with Gasteiger partial charge >= 0.3 is 13.8 Å². The van der Waals surface area contributed by atoms with Crippen molar-refractivity contribution in [1.29, 1.82) is 5.41 Å². The van der Waals surface area contributed by atoms with Gasteiger partial charge in [-0.05, 0) is 0 Å². The zero-order valence-electron chi connectivity index (χ0n) is 5.70. The number of guanidine groups is 1. The van der Waals surface area contributed by atoms with E-state index in [9.17, 15) is 14.3 Å². The Morgan fingerprint density at radius 1 is 1.82 bits per heavy atom. The smallest absolute Gasteiger partial charge is 0.344 e. The summed E-state index contributed by atoms with van der Waals surface area (Å²) < 4.78 is 10.4. The molecule has 0 saturated carbocycles. The van der Waals surface area contributed by atoms with E-state index in [1.165, 1.54) is 7.05 Å². The fraction of sp³-hybridized carbons (Fsp3) is 0.500. The molecule has 0 spiro atoms. The third kappa shape index (κ3) is 1.22. The Morgan fingerprint density at radius 3 is 2.55 bits per heavy atom. The van der Waals surface area contributed by atoms with Gasteiger partial charge in [-0.15, -0.1) is 0 Å². The van der Waals surface area contributed by atoms with Crippen molar-refractivity contribution in [2.45, 2.75) is 5.78 Å². The molecule has 0 bridgehead atoms. The van der Waals surface area contributed by atoms with Crippen LogP contribution in [0.15, 0.2) is 0 Å². The fourth-order valence-corrected chi connectivity index (χ4v) is 1.46. The second-order valence-electron chi connectivity index (χ2n) is 2.11. The van der Waals surface area contributed by atoms with Crippen LogP contribution in [0.4, 0.5) is 0 Å². The maximum Gasteiger partial charge on any atom is 0.344 e. The highest BCUT2D eigenvalue weighted by Gasteiger charge is 2.43. The molecule has 1 rings (SSSR count). The molecule has 2 unspecified atom stereocenters. The minimum atomic E-state index is -2.83. The van der Waals surface area contributed by atoms with E-state index >= 15 is 0 Å².